The SMILES string of the molecule is CCCC[C@H]1C(=O)N(C)[C@@H](CCCC)C(=O)N[C@@H](CCC(N)=O)C(=O)N[C@H](C(N)=O)CSCC(=O)N[C@@H](Cc2ccc(F)cc2)C(=O)N2CCCC[C@H]2C(=O)N[C@@H](CC(=O)O)C(=O)N2CCC[C@H]2C(=O)N[C@@H](CCC(=O)C(C)(C)C)C(=O)N[C@@H](CCCCN)C(=O)N2C[C@H](O)C[C@H]2C(=O)N[C@@H](Cc2c[nH]c3ccccc23)C(=O)N[C@@H](CCN)C(=O)N[C@@H](Cc2cn(C)c3ccccc23)C(=O)N1C. The Bertz CT molecular complexity index is 5160. The van der Waals surface area contributed by atoms with E-state index in [4.69, 9.17) is 22.9 Å². The first-order valence-electron chi connectivity index (χ1n) is 47.2. The van der Waals surface area contributed by atoms with Gasteiger partial charge in [-0.05, 0) is 138 Å². The second kappa shape index (κ2) is 51.1. The fourth-order valence-electron chi connectivity index (χ4n) is 17.9. The number of nitrogens with zero attached hydrogens (tertiary/aromatic N) is 6. The van der Waals surface area contributed by atoms with Crippen molar-refractivity contribution >= 4 is 140 Å². The zero-order chi connectivity index (χ0) is 100. The summed E-state index contributed by atoms with van der Waals surface area (Å²) < 4.78 is 16.3. The standard InChI is InChI=1S/C95H135FN20O20S/c1-9-11-26-72-86(128)104-63(36-38-78(99)119)83(125)110-70(81(100)123)52-137-53-79(120)102-67(44-54-31-33-57(96)34-32-54)92(134)114-42-20-18-29-73(114)88(130)109-69(48-80(121)122)93(135)115-43-21-30-74(115)87(129)105-62(35-37-77(118)95(3,4)5)82(124)106-65(25-17-19-40-97)91(133)116-51-58(117)47-76(116)89(131)107-66(45-55-49-101-61-24-15-13-22-59(55)61)85(127)103-64(39-41-98)84(126)108-68(46-56-50-111(6)71-28-16-14-23-60(56)71)90(132)113(8)75(27-12-10-2)94(136)112(72)7/h13-16,22-24,28,31-34,49-50,58,62-70,72-76,101,117H,9-12,17-21,25-27,29-30,35-48,51-53,97-98H2,1-8H3,(H2,99,119)(H2,100,123)(H,102,120)(H,103,127)(H,104,128)(H,105,129)(H,106,124)(H,107,131)(H,108,126)(H,109,130)(H,110,125)(H,121,122)/t58-,62+,63+,64+,65+,66+,67+,68+,69+,70+,72+,73+,74+,75+,76+/m1/s1. The van der Waals surface area contributed by atoms with Gasteiger partial charge in [0.1, 0.15) is 96.2 Å². The summed E-state index contributed by atoms with van der Waals surface area (Å²) in [5.41, 5.74) is 25.6. The summed E-state index contributed by atoms with van der Waals surface area (Å²) in [5, 5.41) is 47.5. The lowest BCUT2D eigenvalue weighted by Crippen LogP contribution is -2.61. The maximum absolute atomic E-state index is 15.9. The van der Waals surface area contributed by atoms with Gasteiger partial charge in [-0.2, -0.15) is 0 Å². The summed E-state index contributed by atoms with van der Waals surface area (Å²) in [5.74, 6) is -18.5. The normalized spacial score (nSPS) is 25.2. The number of aromatic nitrogens is 2. The number of aromatic amines is 1. The Morgan fingerprint density at radius 1 is 0.496 bits per heavy atom. The van der Waals surface area contributed by atoms with Gasteiger partial charge in [-0.3, -0.25) is 86.3 Å². The van der Waals surface area contributed by atoms with Crippen molar-refractivity contribution in [1.82, 2.24) is 81.9 Å². The van der Waals surface area contributed by atoms with Crippen molar-refractivity contribution in [3.63, 3.8) is 0 Å². The molecule has 0 unspecified atom stereocenters. The van der Waals surface area contributed by atoms with Crippen LogP contribution in [0.25, 0.3) is 21.8 Å². The van der Waals surface area contributed by atoms with Gasteiger partial charge in [-0.1, -0.05) is 109 Å². The smallest absolute Gasteiger partial charge is 0.305 e. The Morgan fingerprint density at radius 3 is 1.66 bits per heavy atom. The largest absolute Gasteiger partial charge is 0.481 e. The van der Waals surface area contributed by atoms with Crippen LogP contribution in [0.5, 0.6) is 0 Å². The number of carbonyl (C=O) groups is 18. The van der Waals surface area contributed by atoms with Crippen molar-refractivity contribution in [2.75, 3.05) is 58.3 Å². The van der Waals surface area contributed by atoms with Crippen molar-refractivity contribution in [2.45, 2.75) is 279 Å². The van der Waals surface area contributed by atoms with E-state index in [1.165, 1.54) is 31.1 Å². The first-order valence-corrected chi connectivity index (χ1v) is 48.3. The molecule has 137 heavy (non-hydrogen) atoms. The third kappa shape index (κ3) is 29.8. The number of hydrogen-bond acceptors (Lipinski definition) is 22. The number of halogens is 1. The number of likely N-dealkylation sites (N-methyl/N-ethyl adjacent to an activating group) is 2. The second-order valence-corrected chi connectivity index (χ2v) is 38.0. The summed E-state index contributed by atoms with van der Waals surface area (Å²) in [4.78, 5) is 274. The topological polar surface area (TPSA) is 597 Å². The molecule has 42 heteroatoms. The Labute approximate surface area is 799 Å². The minimum Gasteiger partial charge on any atom is -0.481 e. The number of aryl methyl sites for hydroxylation is 1. The number of para-hydroxylation sites is 2. The number of primary amides is 2. The van der Waals surface area contributed by atoms with Crippen LogP contribution in [0, 0.1) is 11.2 Å². The van der Waals surface area contributed by atoms with Gasteiger partial charge in [-0.25, -0.2) is 4.39 Å². The number of hydrogen-bond donors (Lipinski definition) is 16. The number of carboxylic acid groups (broad SMARTS) is 1. The summed E-state index contributed by atoms with van der Waals surface area (Å²) in [6.07, 6.45) is 0.488. The highest BCUT2D eigenvalue weighted by atomic mass is 32.2. The van der Waals surface area contributed by atoms with Gasteiger partial charge in [0.05, 0.1) is 18.3 Å². The minimum absolute atomic E-state index is 0.00443. The average molecular weight is 1930 g/mol. The van der Waals surface area contributed by atoms with E-state index in [1.54, 1.807) is 70.5 Å². The number of benzene rings is 3. The molecule has 0 spiro atoms. The molecule has 20 N–H and O–H groups in total. The lowest BCUT2D eigenvalue weighted by atomic mass is 9.87. The lowest BCUT2D eigenvalue weighted by Gasteiger charge is -2.38. The third-order valence-electron chi connectivity index (χ3n) is 25.7. The number of thioether (sulfide) groups is 1. The number of unbranched alkanes of at least 4 members (excludes halogenated alkanes) is 3. The molecule has 5 aromatic rings. The van der Waals surface area contributed by atoms with Crippen LogP contribution >= 0.6 is 11.8 Å². The molecule has 0 saturated carbocycles. The van der Waals surface area contributed by atoms with E-state index in [0.717, 1.165) is 49.0 Å². The number of nitrogens with two attached hydrogens (primary N) is 4. The summed E-state index contributed by atoms with van der Waals surface area (Å²) in [6, 6.07) is -2.52. The highest BCUT2D eigenvalue weighted by molar-refractivity contribution is 8.00. The molecule has 6 heterocycles. The summed E-state index contributed by atoms with van der Waals surface area (Å²) in [7, 11) is 4.50. The number of aliphatic hydroxyl groups excluding tert-OH is 1. The quantitative estimate of drug-likeness (QED) is 0.0317. The molecule has 9 rings (SSSR count). The number of aliphatic hydroxyl groups is 1. The molecule has 2 aromatic heterocycles. The molecule has 4 fully saturated rings. The number of rotatable bonds is 27. The lowest BCUT2D eigenvalue weighted by molar-refractivity contribution is -0.149. The second-order valence-electron chi connectivity index (χ2n) is 36.9. The van der Waals surface area contributed by atoms with Gasteiger partial charge >= 0.3 is 5.97 Å². The van der Waals surface area contributed by atoms with Crippen LogP contribution in [0.2, 0.25) is 0 Å². The third-order valence-corrected chi connectivity index (χ3v) is 26.7. The van der Waals surface area contributed by atoms with Gasteiger partial charge in [0.25, 0.3) is 0 Å². The van der Waals surface area contributed by atoms with Crippen molar-refractivity contribution < 1.29 is 101 Å². The van der Waals surface area contributed by atoms with E-state index in [1.807, 2.05) is 36.6 Å². The number of carboxylic acids is 1. The highest BCUT2D eigenvalue weighted by Crippen LogP contribution is 2.30. The number of amides is 16. The molecule has 748 valence electrons. The monoisotopic (exact) mass is 1930 g/mol. The molecule has 3 aromatic carbocycles. The molecule has 16 amide bonds. The summed E-state index contributed by atoms with van der Waals surface area (Å²) >= 11 is 0.763. The van der Waals surface area contributed by atoms with Gasteiger partial charge < -0.3 is 115 Å². The maximum atomic E-state index is 15.9. The van der Waals surface area contributed by atoms with Crippen LogP contribution in [-0.2, 0) is 113 Å². The number of H-pyrrole nitrogens is 1. The number of Topliss-reactive ketones (excluding diaryl/α,β-unsaturated/α-hetero) is 1. The number of aliphatic carboxylic acids is 1. The Hall–Kier alpha value is -12.4. The molecular formula is C95H135FN20O20S. The first-order chi connectivity index (χ1) is 65.2. The predicted octanol–water partition coefficient (Wildman–Crippen LogP) is 0.404. The van der Waals surface area contributed by atoms with Gasteiger partial charge in [-0.15, -0.1) is 11.8 Å². The van der Waals surface area contributed by atoms with Crippen LogP contribution in [0.3, 0.4) is 0 Å². The summed E-state index contributed by atoms with van der Waals surface area (Å²) in [6.45, 7) is 7.71. The highest BCUT2D eigenvalue weighted by Gasteiger charge is 2.48. The van der Waals surface area contributed by atoms with Crippen LogP contribution in [0.15, 0.2) is 85.2 Å². The van der Waals surface area contributed by atoms with Crippen LogP contribution in [0.4, 0.5) is 4.39 Å². The van der Waals surface area contributed by atoms with E-state index in [2.05, 4.69) is 52.8 Å². The number of nitrogens with one attached hydrogen (secondary N) is 10. The van der Waals surface area contributed by atoms with Crippen molar-refractivity contribution in [3.8, 4) is 0 Å². The molecule has 4 saturated heterocycles. The van der Waals surface area contributed by atoms with E-state index >= 15 is 52.7 Å². The number of ketones is 1. The average Bonchev–Trinajstić information content (AvgIpc) is 1.69. The Morgan fingerprint density at radius 2 is 1.02 bits per heavy atom. The maximum Gasteiger partial charge on any atom is 0.305 e. The zero-order valence-corrected chi connectivity index (χ0v) is 80.0. The fourth-order valence-corrected chi connectivity index (χ4v) is 18.8. The van der Waals surface area contributed by atoms with Crippen LogP contribution in [0.1, 0.15) is 186 Å². The van der Waals surface area contributed by atoms with Crippen LogP contribution in [-0.4, -0.2) is 300 Å². The molecule has 40 nitrogen and oxygen atoms in total. The molecule has 0 aliphatic carbocycles. The Kier molecular flexibility index (Phi) is 40.4. The van der Waals surface area contributed by atoms with Crippen molar-refractivity contribution in [2.24, 2.45) is 35.4 Å². The van der Waals surface area contributed by atoms with Gasteiger partial charge in [0.15, 0.2) is 0 Å². The predicted molar refractivity (Wildman–Crippen MR) is 506 cm³/mol. The molecule has 4 aliphatic rings. The number of piperidine rings is 1. The number of carbonyl (C=O) groups excluding carboxylic acids is 17. The van der Waals surface area contributed by atoms with E-state index in [-0.39, 0.29) is 115 Å². The first kappa shape index (κ1) is 108. The van der Waals surface area contributed by atoms with E-state index in [0.29, 0.717) is 77.9 Å². The fraction of sp³-hybridized carbons (Fsp3) is 0.579. The zero-order valence-electron chi connectivity index (χ0n) is 79.2. The Balaban J connectivity index is 1.11. The molecule has 4 aliphatic heterocycles. The van der Waals surface area contributed by atoms with Crippen LogP contribution < -0.4 is 70.8 Å². The molecule has 0 bridgehead atoms. The number of fused-ring (bicyclic) bond motifs is 5. The molecule has 15 atom stereocenters. The molecular weight excluding hydrogens is 1790 g/mol. The van der Waals surface area contributed by atoms with E-state index in [9.17, 15) is 48.2 Å². The van der Waals surface area contributed by atoms with E-state index < -0.39 is 246 Å². The van der Waals surface area contributed by atoms with Gasteiger partial charge in [0.2, 0.25) is 94.5 Å². The van der Waals surface area contributed by atoms with Crippen molar-refractivity contribution in [1.29, 1.82) is 0 Å². The van der Waals surface area contributed by atoms with Gasteiger partial charge in [0, 0.05) is 125 Å². The molecule has 0 radical (unpaired) electrons. The van der Waals surface area contributed by atoms with Crippen molar-refractivity contribution in [3.05, 3.63) is 108 Å². The minimum atomic E-state index is -1.91.